The molecule has 0 unspecified atom stereocenters. The summed E-state index contributed by atoms with van der Waals surface area (Å²) in [7, 11) is 0. The van der Waals surface area contributed by atoms with Crippen LogP contribution in [-0.4, -0.2) is 19.4 Å². The summed E-state index contributed by atoms with van der Waals surface area (Å²) in [5.41, 5.74) is 7.80. The first-order valence-electron chi connectivity index (χ1n) is 11.0. The molecule has 0 atom stereocenters. The average molecular weight is 422 g/mol. The van der Waals surface area contributed by atoms with Crippen molar-refractivity contribution in [3.63, 3.8) is 0 Å². The zero-order valence-corrected chi connectivity index (χ0v) is 17.7. The van der Waals surface area contributed by atoms with Crippen LogP contribution in [0.2, 0.25) is 0 Å². The maximum Gasteiger partial charge on any atom is 0.181 e. The van der Waals surface area contributed by atoms with Gasteiger partial charge in [0.25, 0.3) is 0 Å². The Morgan fingerprint density at radius 1 is 0.515 bits per heavy atom. The van der Waals surface area contributed by atoms with Crippen molar-refractivity contribution >= 4 is 27.5 Å². The maximum atomic E-state index is 5.01. The van der Waals surface area contributed by atoms with Crippen molar-refractivity contribution in [1.29, 1.82) is 0 Å². The molecule has 154 valence electrons. The first-order valence-corrected chi connectivity index (χ1v) is 11.0. The summed E-state index contributed by atoms with van der Waals surface area (Å²) >= 11 is 0. The van der Waals surface area contributed by atoms with Crippen LogP contribution < -0.4 is 0 Å². The highest BCUT2D eigenvalue weighted by atomic mass is 15.1. The monoisotopic (exact) mass is 422 g/mol. The average Bonchev–Trinajstić information content (AvgIpc) is 3.45. The van der Waals surface area contributed by atoms with Gasteiger partial charge in [-0.3, -0.25) is 4.40 Å². The van der Waals surface area contributed by atoms with Crippen LogP contribution in [0.25, 0.3) is 61.5 Å². The molecule has 0 saturated carbocycles. The molecule has 0 bridgehead atoms. The molecular weight excluding hydrogens is 404 g/mol. The maximum absolute atomic E-state index is 5.01. The summed E-state index contributed by atoms with van der Waals surface area (Å²) in [4.78, 5) is 15.0. The van der Waals surface area contributed by atoms with Crippen molar-refractivity contribution in [2.24, 2.45) is 0 Å². The molecule has 0 N–H and O–H groups in total. The molecule has 7 rings (SSSR count). The van der Waals surface area contributed by atoms with Gasteiger partial charge in [-0.25, -0.2) is 15.0 Å². The summed E-state index contributed by atoms with van der Waals surface area (Å²) < 4.78 is 2.22. The lowest BCUT2D eigenvalue weighted by Crippen LogP contribution is -1.96. The van der Waals surface area contributed by atoms with E-state index < -0.39 is 0 Å². The molecule has 0 saturated heterocycles. The molecule has 0 radical (unpaired) electrons. The van der Waals surface area contributed by atoms with E-state index in [9.17, 15) is 0 Å². The summed E-state index contributed by atoms with van der Waals surface area (Å²) in [6.07, 6.45) is 0. The summed E-state index contributed by atoms with van der Waals surface area (Å²) in [5, 5.41) is 2.38. The minimum Gasteiger partial charge on any atom is -0.291 e. The number of aromatic nitrogens is 4. The van der Waals surface area contributed by atoms with E-state index in [0.717, 1.165) is 50.3 Å². The molecule has 7 aromatic rings. The van der Waals surface area contributed by atoms with E-state index in [-0.39, 0.29) is 0 Å². The third kappa shape index (κ3) is 2.74. The van der Waals surface area contributed by atoms with Gasteiger partial charge in [-0.1, -0.05) is 91.0 Å². The fourth-order valence-electron chi connectivity index (χ4n) is 4.69. The Bertz CT molecular complexity index is 1690. The molecule has 4 aromatic heterocycles. The predicted octanol–water partition coefficient (Wildman–Crippen LogP) is 6.87. The highest BCUT2D eigenvalue weighted by Crippen LogP contribution is 2.37. The van der Waals surface area contributed by atoms with E-state index in [1.54, 1.807) is 0 Å². The predicted molar refractivity (Wildman–Crippen MR) is 133 cm³/mol. The molecule has 0 spiro atoms. The topological polar surface area (TPSA) is 43.1 Å². The number of pyridine rings is 1. The zero-order chi connectivity index (χ0) is 21.8. The van der Waals surface area contributed by atoms with Gasteiger partial charge in [-0.15, -0.1) is 0 Å². The minimum atomic E-state index is 0.636. The molecule has 33 heavy (non-hydrogen) atoms. The molecule has 0 amide bonds. The number of hydrogen-bond donors (Lipinski definition) is 0. The van der Waals surface area contributed by atoms with Crippen LogP contribution >= 0.6 is 0 Å². The van der Waals surface area contributed by atoms with Crippen LogP contribution in [0.15, 0.2) is 109 Å². The highest BCUT2D eigenvalue weighted by molar-refractivity contribution is 6.13. The zero-order valence-electron chi connectivity index (χ0n) is 17.7. The van der Waals surface area contributed by atoms with Crippen LogP contribution in [0.3, 0.4) is 0 Å². The second kappa shape index (κ2) is 6.97. The summed E-state index contributed by atoms with van der Waals surface area (Å²) in [5.74, 6) is 0.636. The molecule has 4 heteroatoms. The molecule has 4 heterocycles. The fourth-order valence-corrected chi connectivity index (χ4v) is 4.69. The Balaban J connectivity index is 1.57. The molecular formula is C29H18N4. The Kier molecular flexibility index (Phi) is 3.81. The van der Waals surface area contributed by atoms with Crippen LogP contribution in [0.5, 0.6) is 0 Å². The molecule has 0 aliphatic carbocycles. The van der Waals surface area contributed by atoms with E-state index in [1.807, 2.05) is 42.5 Å². The third-order valence-electron chi connectivity index (χ3n) is 6.18. The Labute approximate surface area is 190 Å². The number of benzene rings is 3. The van der Waals surface area contributed by atoms with Crippen LogP contribution in [0.4, 0.5) is 0 Å². The van der Waals surface area contributed by atoms with Crippen LogP contribution in [0.1, 0.15) is 0 Å². The van der Waals surface area contributed by atoms with Gasteiger partial charge < -0.3 is 0 Å². The fraction of sp³-hybridized carbons (Fsp3) is 0. The number of fused-ring (bicyclic) bond motifs is 3. The van der Waals surface area contributed by atoms with Gasteiger partial charge in [0, 0.05) is 21.9 Å². The largest absolute Gasteiger partial charge is 0.291 e. The van der Waals surface area contributed by atoms with E-state index in [2.05, 4.69) is 71.1 Å². The van der Waals surface area contributed by atoms with E-state index >= 15 is 0 Å². The van der Waals surface area contributed by atoms with Crippen molar-refractivity contribution < 1.29 is 0 Å². The van der Waals surface area contributed by atoms with E-state index in [4.69, 9.17) is 15.0 Å². The van der Waals surface area contributed by atoms with Crippen molar-refractivity contribution in [3.05, 3.63) is 109 Å². The van der Waals surface area contributed by atoms with Crippen LogP contribution in [-0.2, 0) is 0 Å². The minimum absolute atomic E-state index is 0.636. The van der Waals surface area contributed by atoms with Gasteiger partial charge in [-0.2, -0.15) is 0 Å². The smallest absolute Gasteiger partial charge is 0.181 e. The van der Waals surface area contributed by atoms with Crippen LogP contribution in [0, 0.1) is 0 Å². The van der Waals surface area contributed by atoms with Gasteiger partial charge >= 0.3 is 0 Å². The van der Waals surface area contributed by atoms with Gasteiger partial charge in [-0.05, 0) is 18.2 Å². The van der Waals surface area contributed by atoms with Crippen molar-refractivity contribution in [1.82, 2.24) is 19.4 Å². The number of nitrogens with zero attached hydrogens (tertiary/aromatic N) is 4. The quantitative estimate of drug-likeness (QED) is 0.312. The number of rotatable bonds is 3. The molecule has 3 aromatic carbocycles. The lowest BCUT2D eigenvalue weighted by atomic mass is 10.1. The molecule has 4 nitrogen and oxygen atoms in total. The second-order valence-electron chi connectivity index (χ2n) is 8.15. The van der Waals surface area contributed by atoms with Crippen molar-refractivity contribution in [2.45, 2.75) is 0 Å². The van der Waals surface area contributed by atoms with Gasteiger partial charge in [0.1, 0.15) is 11.3 Å². The Hall–Kier alpha value is -4.57. The van der Waals surface area contributed by atoms with Crippen molar-refractivity contribution in [2.75, 3.05) is 0 Å². The first-order chi connectivity index (χ1) is 16.4. The Morgan fingerprint density at radius 3 is 1.79 bits per heavy atom. The number of hydrogen-bond acceptors (Lipinski definition) is 3. The highest BCUT2D eigenvalue weighted by Gasteiger charge is 2.21. The van der Waals surface area contributed by atoms with E-state index in [0.29, 0.717) is 5.82 Å². The first kappa shape index (κ1) is 18.0. The van der Waals surface area contributed by atoms with Gasteiger partial charge in [0.05, 0.1) is 22.4 Å². The third-order valence-corrected chi connectivity index (χ3v) is 6.18. The molecule has 0 fully saturated rings. The lowest BCUT2D eigenvalue weighted by Gasteiger charge is -2.08. The van der Waals surface area contributed by atoms with Crippen molar-refractivity contribution in [3.8, 4) is 34.0 Å². The Morgan fingerprint density at radius 2 is 1.12 bits per heavy atom. The molecule has 0 aliphatic heterocycles. The summed E-state index contributed by atoms with van der Waals surface area (Å²) in [6, 6.07) is 37.3. The standard InChI is InChI=1S/C29H18N4/c1-3-10-19(11-4-1)23-18-24(20-12-5-2-6-13-20)31-29(30-23)27-28-22-15-8-7-14-21(22)25-16-9-17-26(32-27)33(25)28/h1-18H. The number of imidazole rings is 1. The lowest BCUT2D eigenvalue weighted by molar-refractivity contribution is 1.17. The van der Waals surface area contributed by atoms with E-state index in [1.165, 1.54) is 5.39 Å². The van der Waals surface area contributed by atoms with Gasteiger partial charge in [0.15, 0.2) is 5.82 Å². The summed E-state index contributed by atoms with van der Waals surface area (Å²) in [6.45, 7) is 0. The second-order valence-corrected chi connectivity index (χ2v) is 8.15. The van der Waals surface area contributed by atoms with Gasteiger partial charge in [0.2, 0.25) is 0 Å². The normalized spacial score (nSPS) is 11.6. The SMILES string of the molecule is c1ccc(-c2cc(-c3ccccc3)nc(-c3nc4cccc5c6ccccc6c3n45)n2)cc1. The molecule has 0 aliphatic rings.